The molecular weight excluding hydrogens is 415 g/mol. The van der Waals surface area contributed by atoms with Gasteiger partial charge in [0.15, 0.2) is 17.3 Å². The lowest BCUT2D eigenvalue weighted by Gasteiger charge is -2.27. The number of aryl methyl sites for hydroxylation is 1. The minimum Gasteiger partial charge on any atom is -0.440 e. The van der Waals surface area contributed by atoms with Crippen LogP contribution in [-0.2, 0) is 7.05 Å². The number of benzene rings is 1. The summed E-state index contributed by atoms with van der Waals surface area (Å²) < 4.78 is 20.7. The minimum absolute atomic E-state index is 0.170. The molecule has 0 N–H and O–H groups in total. The molecule has 164 valence electrons. The average molecular weight is 443 g/mol. The molecule has 4 heterocycles. The highest BCUT2D eigenvalue weighted by Crippen LogP contribution is 2.35. The van der Waals surface area contributed by atoms with E-state index in [1.54, 1.807) is 23.9 Å². The van der Waals surface area contributed by atoms with Gasteiger partial charge in [-0.3, -0.25) is 0 Å². The Bertz CT molecular complexity index is 1040. The van der Waals surface area contributed by atoms with E-state index in [1.807, 2.05) is 30.7 Å². The number of aromatic nitrogens is 4. The van der Waals surface area contributed by atoms with E-state index in [1.165, 1.54) is 12.8 Å². The van der Waals surface area contributed by atoms with Crippen LogP contribution in [0, 0.1) is 18.7 Å². The highest BCUT2D eigenvalue weighted by Gasteiger charge is 2.40. The molecular formula is C22H27FN6OS. The number of anilines is 1. The Morgan fingerprint density at radius 3 is 2.81 bits per heavy atom. The summed E-state index contributed by atoms with van der Waals surface area (Å²) in [7, 11) is 1.96. The molecule has 2 aromatic heterocycles. The summed E-state index contributed by atoms with van der Waals surface area (Å²) in [5, 5.41) is 9.49. The lowest BCUT2D eigenvalue weighted by Crippen LogP contribution is -2.35. The quantitative estimate of drug-likeness (QED) is 0.409. The molecule has 0 radical (unpaired) electrons. The number of thioether (sulfide) groups is 1. The number of nitrogens with zero attached hydrogens (tertiary/aromatic N) is 6. The standard InChI is InChI=1S/C22H27FN6OS/c1-15-20(30-14-24-15)21-25-26-22(27(21)2)31-11-3-9-28-12-16-8-10-29(19(16)13-28)18-6-4-17(23)5-7-18/h4-7,14,16,19H,3,8-13H2,1-2H3/t16-,19+/m1/s1. The number of halogens is 1. The van der Waals surface area contributed by atoms with E-state index >= 15 is 0 Å². The minimum atomic E-state index is -0.170. The van der Waals surface area contributed by atoms with Gasteiger partial charge in [0.25, 0.3) is 0 Å². The third-order valence-corrected chi connectivity index (χ3v) is 7.52. The van der Waals surface area contributed by atoms with Gasteiger partial charge < -0.3 is 18.8 Å². The van der Waals surface area contributed by atoms with E-state index in [4.69, 9.17) is 4.42 Å². The van der Waals surface area contributed by atoms with Crippen molar-refractivity contribution in [3.05, 3.63) is 42.2 Å². The fourth-order valence-corrected chi connectivity index (χ4v) is 5.63. The van der Waals surface area contributed by atoms with Gasteiger partial charge in [-0.05, 0) is 56.5 Å². The maximum Gasteiger partial charge on any atom is 0.202 e. The van der Waals surface area contributed by atoms with Gasteiger partial charge in [-0.25, -0.2) is 9.37 Å². The highest BCUT2D eigenvalue weighted by atomic mass is 32.2. The molecule has 1 aromatic carbocycles. The molecule has 2 atom stereocenters. The Morgan fingerprint density at radius 2 is 2.03 bits per heavy atom. The summed E-state index contributed by atoms with van der Waals surface area (Å²) in [6, 6.07) is 7.49. The zero-order valence-electron chi connectivity index (χ0n) is 17.9. The molecule has 9 heteroatoms. The van der Waals surface area contributed by atoms with Crippen LogP contribution in [0.2, 0.25) is 0 Å². The molecule has 3 aromatic rings. The Labute approximate surface area is 185 Å². The van der Waals surface area contributed by atoms with Gasteiger partial charge in [0.05, 0.1) is 5.69 Å². The van der Waals surface area contributed by atoms with Gasteiger partial charge in [-0.2, -0.15) is 0 Å². The number of oxazole rings is 1. The molecule has 2 saturated heterocycles. The van der Waals surface area contributed by atoms with E-state index in [9.17, 15) is 4.39 Å². The van der Waals surface area contributed by atoms with Gasteiger partial charge in [-0.15, -0.1) is 10.2 Å². The number of likely N-dealkylation sites (tertiary alicyclic amines) is 1. The molecule has 2 aliphatic rings. The predicted octanol–water partition coefficient (Wildman–Crippen LogP) is 3.61. The molecule has 31 heavy (non-hydrogen) atoms. The van der Waals surface area contributed by atoms with Gasteiger partial charge in [0, 0.05) is 44.2 Å². The van der Waals surface area contributed by atoms with Gasteiger partial charge in [0.2, 0.25) is 5.82 Å². The van der Waals surface area contributed by atoms with Crippen molar-refractivity contribution in [2.75, 3.05) is 36.8 Å². The van der Waals surface area contributed by atoms with Gasteiger partial charge >= 0.3 is 0 Å². The summed E-state index contributed by atoms with van der Waals surface area (Å²) in [4.78, 5) is 9.17. The summed E-state index contributed by atoms with van der Waals surface area (Å²) >= 11 is 1.73. The molecule has 0 amide bonds. The monoisotopic (exact) mass is 442 g/mol. The van der Waals surface area contributed by atoms with Crippen LogP contribution in [0.25, 0.3) is 11.6 Å². The van der Waals surface area contributed by atoms with Crippen molar-refractivity contribution >= 4 is 17.4 Å². The number of hydrogen-bond donors (Lipinski definition) is 0. The third-order valence-electron chi connectivity index (χ3n) is 6.41. The van der Waals surface area contributed by atoms with Crippen molar-refractivity contribution in [2.24, 2.45) is 13.0 Å². The van der Waals surface area contributed by atoms with Crippen LogP contribution in [0.15, 0.2) is 40.2 Å². The molecule has 2 fully saturated rings. The topological polar surface area (TPSA) is 63.2 Å². The molecule has 0 saturated carbocycles. The van der Waals surface area contributed by atoms with Crippen molar-refractivity contribution < 1.29 is 8.81 Å². The largest absolute Gasteiger partial charge is 0.440 e. The van der Waals surface area contributed by atoms with Crippen LogP contribution in [0.3, 0.4) is 0 Å². The fraction of sp³-hybridized carbons (Fsp3) is 0.500. The fourth-order valence-electron chi connectivity index (χ4n) is 4.79. The number of rotatable bonds is 7. The molecule has 2 aliphatic heterocycles. The summed E-state index contributed by atoms with van der Waals surface area (Å²) in [5.41, 5.74) is 1.97. The van der Waals surface area contributed by atoms with Gasteiger partial charge in [-0.1, -0.05) is 11.8 Å². The SMILES string of the molecule is Cc1ncoc1-c1nnc(SCCCN2C[C@H]3CCN(c4ccc(F)cc4)[C@H]3C2)n1C. The molecule has 0 spiro atoms. The third kappa shape index (κ3) is 4.08. The van der Waals surface area contributed by atoms with Crippen molar-refractivity contribution in [1.29, 1.82) is 0 Å². The summed E-state index contributed by atoms with van der Waals surface area (Å²) in [6.45, 7) is 6.31. The van der Waals surface area contributed by atoms with Crippen LogP contribution < -0.4 is 4.90 Å². The van der Waals surface area contributed by atoms with Crippen LogP contribution in [0.5, 0.6) is 0 Å². The van der Waals surface area contributed by atoms with E-state index in [0.717, 1.165) is 54.9 Å². The first kappa shape index (κ1) is 20.5. The zero-order chi connectivity index (χ0) is 21.4. The first-order chi connectivity index (χ1) is 15.1. The van der Waals surface area contributed by atoms with E-state index in [0.29, 0.717) is 23.5 Å². The molecule has 7 nitrogen and oxygen atoms in total. The highest BCUT2D eigenvalue weighted by molar-refractivity contribution is 7.99. The normalized spacial score (nSPS) is 21.2. The first-order valence-electron chi connectivity index (χ1n) is 10.8. The Kier molecular flexibility index (Phi) is 5.71. The van der Waals surface area contributed by atoms with Crippen LogP contribution in [0.1, 0.15) is 18.5 Å². The zero-order valence-corrected chi connectivity index (χ0v) is 18.7. The van der Waals surface area contributed by atoms with Crippen molar-refractivity contribution in [3.63, 3.8) is 0 Å². The average Bonchev–Trinajstić information content (AvgIpc) is 3.52. The van der Waals surface area contributed by atoms with E-state index in [-0.39, 0.29) is 5.82 Å². The van der Waals surface area contributed by atoms with Gasteiger partial charge in [0.1, 0.15) is 5.82 Å². The molecule has 0 aliphatic carbocycles. The molecule has 5 rings (SSSR count). The maximum absolute atomic E-state index is 13.3. The Balaban J connectivity index is 1.11. The van der Waals surface area contributed by atoms with E-state index in [2.05, 4.69) is 25.0 Å². The van der Waals surface area contributed by atoms with Crippen molar-refractivity contribution in [2.45, 2.75) is 31.0 Å². The van der Waals surface area contributed by atoms with Crippen LogP contribution >= 0.6 is 11.8 Å². The number of hydrogen-bond acceptors (Lipinski definition) is 7. The second-order valence-electron chi connectivity index (χ2n) is 8.38. The second kappa shape index (κ2) is 8.63. The number of fused-ring (bicyclic) bond motifs is 1. The molecule has 0 bridgehead atoms. The predicted molar refractivity (Wildman–Crippen MR) is 119 cm³/mol. The van der Waals surface area contributed by atoms with E-state index < -0.39 is 0 Å². The van der Waals surface area contributed by atoms with Crippen LogP contribution in [-0.4, -0.2) is 62.6 Å². The second-order valence-corrected chi connectivity index (χ2v) is 9.44. The smallest absolute Gasteiger partial charge is 0.202 e. The van der Waals surface area contributed by atoms with Crippen LogP contribution in [0.4, 0.5) is 10.1 Å². The first-order valence-corrected chi connectivity index (χ1v) is 11.8. The molecule has 0 unspecified atom stereocenters. The summed E-state index contributed by atoms with van der Waals surface area (Å²) in [6.07, 6.45) is 3.76. The maximum atomic E-state index is 13.3. The van der Waals surface area contributed by atoms with Crippen molar-refractivity contribution in [3.8, 4) is 11.6 Å². The summed E-state index contributed by atoms with van der Waals surface area (Å²) in [5.74, 6) is 2.93. The lowest BCUT2D eigenvalue weighted by molar-refractivity contribution is 0.319. The lowest BCUT2D eigenvalue weighted by atomic mass is 10.1. The Hall–Kier alpha value is -2.39. The Morgan fingerprint density at radius 1 is 1.19 bits per heavy atom. The van der Waals surface area contributed by atoms with Crippen molar-refractivity contribution in [1.82, 2.24) is 24.6 Å².